The Morgan fingerprint density at radius 1 is 0.872 bits per heavy atom. The Kier molecular flexibility index (Phi) is 8.42. The van der Waals surface area contributed by atoms with Crippen molar-refractivity contribution in [3.05, 3.63) is 12.3 Å². The van der Waals surface area contributed by atoms with Crippen molar-refractivity contribution < 1.29 is 48.2 Å². The molecule has 4 N–H and O–H groups in total. The number of aliphatic hydroxyl groups excluding tert-OH is 4. The second kappa shape index (κ2) is 10.4. The molecular formula is C27H50O10Si2. The molecule has 4 aliphatic rings. The van der Waals surface area contributed by atoms with E-state index in [4.69, 9.17) is 27.8 Å². The van der Waals surface area contributed by atoms with Gasteiger partial charge in [-0.1, -0.05) is 41.5 Å². The Bertz CT molecular complexity index is 913. The first kappa shape index (κ1) is 31.5. The van der Waals surface area contributed by atoms with E-state index in [1.807, 2.05) is 6.08 Å². The zero-order valence-electron chi connectivity index (χ0n) is 25.1. The molecule has 0 spiro atoms. The van der Waals surface area contributed by atoms with Crippen LogP contribution in [-0.2, 0) is 27.8 Å². The van der Waals surface area contributed by atoms with Gasteiger partial charge in [0.05, 0.1) is 31.5 Å². The van der Waals surface area contributed by atoms with Crippen LogP contribution in [0, 0.1) is 11.8 Å². The first-order valence-electron chi connectivity index (χ1n) is 14.0. The molecule has 11 atom stereocenters. The topological polar surface area (TPSA) is 140 Å². The van der Waals surface area contributed by atoms with Crippen molar-refractivity contribution in [1.29, 1.82) is 0 Å². The summed E-state index contributed by atoms with van der Waals surface area (Å²) >= 11 is 0. The summed E-state index contributed by atoms with van der Waals surface area (Å²) in [5, 5.41) is 40.8. The quantitative estimate of drug-likeness (QED) is 0.246. The highest BCUT2D eigenvalue weighted by atomic mass is 28.4. The molecule has 0 unspecified atom stereocenters. The average Bonchev–Trinajstić information content (AvgIpc) is 3.49. The first-order valence-corrected chi connectivity index (χ1v) is 19.9. The van der Waals surface area contributed by atoms with Gasteiger partial charge in [0.25, 0.3) is 0 Å². The SMILES string of the molecule is CC(C)(C)[Si](C)(C)OC[C@]12O[C@H]1[C@H](O[Si](C)(C)C(C)(C)C)[C@@H]1C=CO[C@@H](O[C@@H]3O[C@H](CO)[C@@H](O)[C@H](O)[C@H]3O)[C@@H]12. The average molecular weight is 591 g/mol. The van der Waals surface area contributed by atoms with Gasteiger partial charge < -0.3 is 48.2 Å². The molecule has 12 heteroatoms. The number of fused-ring (bicyclic) bond motifs is 3. The van der Waals surface area contributed by atoms with Crippen LogP contribution in [-0.4, -0.2) is 105 Å². The Hall–Kier alpha value is -0.386. The second-order valence-electron chi connectivity index (χ2n) is 14.7. The van der Waals surface area contributed by atoms with Crippen molar-refractivity contribution in [2.45, 2.75) is 133 Å². The molecule has 0 bridgehead atoms. The largest absolute Gasteiger partial charge is 0.472 e. The van der Waals surface area contributed by atoms with Crippen molar-refractivity contribution in [2.75, 3.05) is 13.2 Å². The summed E-state index contributed by atoms with van der Waals surface area (Å²) in [5.74, 6) is -0.427. The van der Waals surface area contributed by atoms with Crippen molar-refractivity contribution in [3.8, 4) is 0 Å². The van der Waals surface area contributed by atoms with Crippen molar-refractivity contribution >= 4 is 16.6 Å². The molecule has 4 rings (SSSR count). The van der Waals surface area contributed by atoms with Gasteiger partial charge in [0.2, 0.25) is 6.29 Å². The minimum absolute atomic E-state index is 0.00138. The molecule has 226 valence electrons. The van der Waals surface area contributed by atoms with Crippen LogP contribution < -0.4 is 0 Å². The summed E-state index contributed by atoms with van der Waals surface area (Å²) in [4.78, 5) is 0. The van der Waals surface area contributed by atoms with Gasteiger partial charge in [-0.05, 0) is 42.3 Å². The van der Waals surface area contributed by atoms with Gasteiger partial charge in [-0.2, -0.15) is 0 Å². The lowest BCUT2D eigenvalue weighted by atomic mass is 9.85. The molecule has 0 aromatic rings. The Morgan fingerprint density at radius 3 is 2.05 bits per heavy atom. The minimum atomic E-state index is -2.17. The Morgan fingerprint density at radius 2 is 1.49 bits per heavy atom. The highest BCUT2D eigenvalue weighted by molar-refractivity contribution is 6.74. The fraction of sp³-hybridized carbons (Fsp3) is 0.926. The first-order chi connectivity index (χ1) is 17.8. The van der Waals surface area contributed by atoms with Crippen LogP contribution in [0.1, 0.15) is 41.5 Å². The van der Waals surface area contributed by atoms with Gasteiger partial charge in [0.15, 0.2) is 22.9 Å². The van der Waals surface area contributed by atoms with Crippen molar-refractivity contribution in [1.82, 2.24) is 0 Å². The minimum Gasteiger partial charge on any atom is -0.472 e. The third kappa shape index (κ3) is 5.56. The predicted octanol–water partition coefficient (Wildman–Crippen LogP) is 2.47. The normalized spacial score (nSPS) is 42.6. The van der Waals surface area contributed by atoms with Crippen molar-refractivity contribution in [3.63, 3.8) is 0 Å². The smallest absolute Gasteiger partial charge is 0.208 e. The maximum absolute atomic E-state index is 10.6. The third-order valence-electron chi connectivity index (χ3n) is 10.1. The second-order valence-corrected chi connectivity index (χ2v) is 24.2. The van der Waals surface area contributed by atoms with E-state index in [2.05, 4.69) is 67.7 Å². The summed E-state index contributed by atoms with van der Waals surface area (Å²) in [7, 11) is -4.29. The van der Waals surface area contributed by atoms with Gasteiger partial charge in [-0.3, -0.25) is 0 Å². The monoisotopic (exact) mass is 590 g/mol. The van der Waals surface area contributed by atoms with Gasteiger partial charge in [-0.25, -0.2) is 0 Å². The summed E-state index contributed by atoms with van der Waals surface area (Å²) in [6, 6.07) is 0. The fourth-order valence-electron chi connectivity index (χ4n) is 5.30. The molecular weight excluding hydrogens is 540 g/mol. The number of epoxide rings is 1. The van der Waals surface area contributed by atoms with Crippen LogP contribution in [0.5, 0.6) is 0 Å². The Labute approximate surface area is 234 Å². The molecule has 3 aliphatic heterocycles. The predicted molar refractivity (Wildman–Crippen MR) is 149 cm³/mol. The highest BCUT2D eigenvalue weighted by Crippen LogP contribution is 2.62. The van der Waals surface area contributed by atoms with Crippen molar-refractivity contribution in [2.24, 2.45) is 11.8 Å². The van der Waals surface area contributed by atoms with Crippen LogP contribution in [0.2, 0.25) is 36.3 Å². The third-order valence-corrected chi connectivity index (χ3v) is 19.0. The van der Waals surface area contributed by atoms with Crippen LogP contribution in [0.3, 0.4) is 0 Å². The van der Waals surface area contributed by atoms with E-state index >= 15 is 0 Å². The maximum Gasteiger partial charge on any atom is 0.208 e. The van der Waals surface area contributed by atoms with Gasteiger partial charge in [0.1, 0.15) is 36.1 Å². The van der Waals surface area contributed by atoms with E-state index in [0.29, 0.717) is 6.61 Å². The molecule has 3 fully saturated rings. The summed E-state index contributed by atoms with van der Waals surface area (Å²) < 4.78 is 37.9. The van der Waals surface area contributed by atoms with E-state index in [1.165, 1.54) is 0 Å². The van der Waals surface area contributed by atoms with Gasteiger partial charge in [-0.15, -0.1) is 0 Å². The lowest BCUT2D eigenvalue weighted by molar-refractivity contribution is -0.344. The molecule has 10 nitrogen and oxygen atoms in total. The summed E-state index contributed by atoms with van der Waals surface area (Å²) in [6.45, 7) is 21.9. The standard InChI is InChI=1S/C27H50O10Si2/c1-25(2,3)38(7,8)33-14-27-17-15(21(22(27)36-27)37-39(9,10)26(4,5)6)11-12-32-23(17)35-24-20(31)19(30)18(29)16(13-28)34-24/h11-12,15-24,28-31H,13-14H2,1-10H3/t15-,16-,17-,18-,19+,20-,21-,22+,23+,24+,27-/m1/s1. The maximum atomic E-state index is 10.6. The van der Waals surface area contributed by atoms with Gasteiger partial charge >= 0.3 is 0 Å². The number of hydrogen-bond donors (Lipinski definition) is 4. The van der Waals surface area contributed by atoms with Crippen LogP contribution in [0.15, 0.2) is 12.3 Å². The van der Waals surface area contributed by atoms with Gasteiger partial charge in [0, 0.05) is 5.92 Å². The van der Waals surface area contributed by atoms with E-state index in [0.717, 1.165) is 0 Å². The molecule has 0 amide bonds. The fourth-order valence-corrected chi connectivity index (χ4v) is 7.63. The van der Waals surface area contributed by atoms with E-state index in [-0.39, 0.29) is 34.1 Å². The highest BCUT2D eigenvalue weighted by Gasteiger charge is 2.77. The van der Waals surface area contributed by atoms with Crippen LogP contribution in [0.25, 0.3) is 0 Å². The zero-order chi connectivity index (χ0) is 29.3. The molecule has 3 heterocycles. The molecule has 1 saturated carbocycles. The van der Waals surface area contributed by atoms with Crippen LogP contribution in [0.4, 0.5) is 0 Å². The van der Waals surface area contributed by atoms with E-state index < -0.39 is 65.8 Å². The summed E-state index contributed by atoms with van der Waals surface area (Å²) in [6.07, 6.45) is -4.71. The zero-order valence-corrected chi connectivity index (χ0v) is 27.1. The number of rotatable bonds is 8. The lowest BCUT2D eigenvalue weighted by Crippen LogP contribution is -2.60. The number of ether oxygens (including phenoxy) is 4. The molecule has 0 aromatic carbocycles. The van der Waals surface area contributed by atoms with Crippen LogP contribution >= 0.6 is 0 Å². The Balaban J connectivity index is 1.63. The number of hydrogen-bond acceptors (Lipinski definition) is 10. The molecule has 39 heavy (non-hydrogen) atoms. The molecule has 1 aliphatic carbocycles. The molecule has 0 radical (unpaired) electrons. The lowest BCUT2D eigenvalue weighted by Gasteiger charge is -2.45. The number of aliphatic hydroxyl groups is 4. The molecule has 2 saturated heterocycles. The van der Waals surface area contributed by atoms with E-state index in [1.54, 1.807) is 6.26 Å². The van der Waals surface area contributed by atoms with E-state index in [9.17, 15) is 20.4 Å². The molecule has 0 aromatic heterocycles. The summed E-state index contributed by atoms with van der Waals surface area (Å²) in [5.41, 5.74) is -0.712.